The molecule has 1 aliphatic carbocycles. The van der Waals surface area contributed by atoms with Gasteiger partial charge >= 0.3 is 0 Å². The Bertz CT molecular complexity index is 1150. The number of likely N-dealkylation sites (tertiary alicyclic amines) is 1. The molecule has 182 valence electrons. The fraction of sp³-hybridized carbons (Fsp3) is 0.500. The highest BCUT2D eigenvalue weighted by atomic mass is 16.5. The Hall–Kier alpha value is -3.33. The molecule has 9 heteroatoms. The molecule has 2 aromatic rings. The molecule has 0 radical (unpaired) electrons. The van der Waals surface area contributed by atoms with Gasteiger partial charge in [0, 0.05) is 62.2 Å². The molecule has 3 unspecified atom stereocenters. The van der Waals surface area contributed by atoms with E-state index in [-0.39, 0.29) is 24.3 Å². The summed E-state index contributed by atoms with van der Waals surface area (Å²) in [6.45, 7) is 2.31. The molecule has 0 spiro atoms. The summed E-state index contributed by atoms with van der Waals surface area (Å²) in [7, 11) is 0. The van der Waals surface area contributed by atoms with Crippen molar-refractivity contribution in [2.45, 2.75) is 69.2 Å². The first-order valence-corrected chi connectivity index (χ1v) is 12.5. The SMILES string of the molecule is O=C1CCC(N2Cc3cc(OC4CCCCC4N4CC(c5cnccn5)C4)ccc3C2=O)C(=O)N1. The second-order valence-electron chi connectivity index (χ2n) is 10.0. The number of nitrogens with one attached hydrogen (secondary N) is 1. The number of imide groups is 1. The number of rotatable bonds is 5. The lowest BCUT2D eigenvalue weighted by atomic mass is 9.86. The van der Waals surface area contributed by atoms with Crippen LogP contribution in [0.2, 0.25) is 0 Å². The first-order chi connectivity index (χ1) is 17.1. The number of nitrogens with zero attached hydrogens (tertiary/aromatic N) is 4. The Kier molecular flexibility index (Phi) is 5.72. The summed E-state index contributed by atoms with van der Waals surface area (Å²) < 4.78 is 6.52. The molecule has 4 aliphatic rings. The molecule has 0 bridgehead atoms. The predicted octanol–water partition coefficient (Wildman–Crippen LogP) is 2.03. The molecule has 1 aromatic carbocycles. The zero-order chi connectivity index (χ0) is 23.9. The lowest BCUT2D eigenvalue weighted by Gasteiger charge is -2.48. The third-order valence-corrected chi connectivity index (χ3v) is 7.83. The number of ether oxygens (including phenoxy) is 1. The monoisotopic (exact) mass is 475 g/mol. The first kappa shape index (κ1) is 22.2. The number of benzene rings is 1. The number of aromatic nitrogens is 2. The zero-order valence-electron chi connectivity index (χ0n) is 19.6. The molecule has 1 aromatic heterocycles. The van der Waals surface area contributed by atoms with Crippen LogP contribution in [-0.2, 0) is 16.1 Å². The van der Waals surface area contributed by atoms with Crippen molar-refractivity contribution in [3.8, 4) is 5.75 Å². The average molecular weight is 476 g/mol. The van der Waals surface area contributed by atoms with Crippen LogP contribution in [0.1, 0.15) is 66.1 Å². The first-order valence-electron chi connectivity index (χ1n) is 12.5. The Morgan fingerprint density at radius 1 is 1.03 bits per heavy atom. The van der Waals surface area contributed by atoms with Crippen LogP contribution in [0.15, 0.2) is 36.8 Å². The van der Waals surface area contributed by atoms with Gasteiger partial charge in [0.15, 0.2) is 0 Å². The number of fused-ring (bicyclic) bond motifs is 1. The highest BCUT2D eigenvalue weighted by Gasteiger charge is 2.41. The van der Waals surface area contributed by atoms with Crippen LogP contribution in [0.25, 0.3) is 0 Å². The van der Waals surface area contributed by atoms with Gasteiger partial charge in [-0.1, -0.05) is 6.42 Å². The number of carbonyl (C=O) groups is 3. The number of hydrogen-bond acceptors (Lipinski definition) is 7. The van der Waals surface area contributed by atoms with E-state index in [0.29, 0.717) is 30.5 Å². The minimum absolute atomic E-state index is 0.105. The van der Waals surface area contributed by atoms with Gasteiger partial charge in [0.25, 0.3) is 5.91 Å². The fourth-order valence-electron chi connectivity index (χ4n) is 5.92. The third-order valence-electron chi connectivity index (χ3n) is 7.83. The Morgan fingerprint density at radius 3 is 2.69 bits per heavy atom. The van der Waals surface area contributed by atoms with Crippen LogP contribution in [0.4, 0.5) is 0 Å². The summed E-state index contributed by atoms with van der Waals surface area (Å²) >= 11 is 0. The molecule has 1 saturated carbocycles. The minimum atomic E-state index is -0.603. The molecular formula is C26H29N5O4. The van der Waals surface area contributed by atoms with Crippen LogP contribution >= 0.6 is 0 Å². The molecule has 3 aliphatic heterocycles. The van der Waals surface area contributed by atoms with Gasteiger partial charge in [-0.3, -0.25) is 34.6 Å². The molecule has 2 saturated heterocycles. The number of carbonyl (C=O) groups excluding carboxylic acids is 3. The van der Waals surface area contributed by atoms with Crippen molar-refractivity contribution in [1.82, 2.24) is 25.1 Å². The van der Waals surface area contributed by atoms with Crippen molar-refractivity contribution in [3.63, 3.8) is 0 Å². The van der Waals surface area contributed by atoms with Gasteiger partial charge in [-0.05, 0) is 49.4 Å². The van der Waals surface area contributed by atoms with Gasteiger partial charge < -0.3 is 9.64 Å². The van der Waals surface area contributed by atoms with Gasteiger partial charge in [0.05, 0.1) is 5.69 Å². The van der Waals surface area contributed by atoms with E-state index in [1.807, 2.05) is 24.4 Å². The minimum Gasteiger partial charge on any atom is -0.489 e. The molecule has 3 atom stereocenters. The number of amides is 3. The summed E-state index contributed by atoms with van der Waals surface area (Å²) in [5.41, 5.74) is 2.54. The van der Waals surface area contributed by atoms with Crippen LogP contribution in [0.3, 0.4) is 0 Å². The smallest absolute Gasteiger partial charge is 0.255 e. The summed E-state index contributed by atoms with van der Waals surface area (Å²) in [5, 5.41) is 2.35. The van der Waals surface area contributed by atoms with E-state index in [1.54, 1.807) is 17.3 Å². The second-order valence-corrected chi connectivity index (χ2v) is 10.0. The van der Waals surface area contributed by atoms with Crippen molar-refractivity contribution in [2.75, 3.05) is 13.1 Å². The maximum Gasteiger partial charge on any atom is 0.255 e. The molecule has 9 nitrogen and oxygen atoms in total. The van der Waals surface area contributed by atoms with Crippen LogP contribution in [0, 0.1) is 0 Å². The molecule has 6 rings (SSSR count). The lowest BCUT2D eigenvalue weighted by molar-refractivity contribution is -0.136. The van der Waals surface area contributed by atoms with Gasteiger partial charge in [0.1, 0.15) is 17.9 Å². The zero-order valence-corrected chi connectivity index (χ0v) is 19.6. The van der Waals surface area contributed by atoms with Gasteiger partial charge in [0.2, 0.25) is 11.8 Å². The average Bonchev–Trinajstić information content (AvgIpc) is 3.15. The Morgan fingerprint density at radius 2 is 1.89 bits per heavy atom. The molecule has 1 N–H and O–H groups in total. The molecule has 3 amide bonds. The van der Waals surface area contributed by atoms with E-state index in [2.05, 4.69) is 20.2 Å². The highest BCUT2D eigenvalue weighted by Crippen LogP contribution is 2.36. The van der Waals surface area contributed by atoms with Crippen LogP contribution < -0.4 is 10.1 Å². The Labute approximate surface area is 203 Å². The van der Waals surface area contributed by atoms with Crippen molar-refractivity contribution in [2.24, 2.45) is 0 Å². The molecule has 3 fully saturated rings. The number of piperidine rings is 1. The quantitative estimate of drug-likeness (QED) is 0.660. The van der Waals surface area contributed by atoms with Gasteiger partial charge in [-0.2, -0.15) is 0 Å². The van der Waals surface area contributed by atoms with Crippen molar-refractivity contribution < 1.29 is 19.1 Å². The van der Waals surface area contributed by atoms with Crippen LogP contribution in [-0.4, -0.2) is 68.8 Å². The van der Waals surface area contributed by atoms with Crippen molar-refractivity contribution in [1.29, 1.82) is 0 Å². The van der Waals surface area contributed by atoms with E-state index in [9.17, 15) is 14.4 Å². The predicted molar refractivity (Wildman–Crippen MR) is 126 cm³/mol. The fourth-order valence-corrected chi connectivity index (χ4v) is 5.92. The van der Waals surface area contributed by atoms with E-state index in [1.165, 1.54) is 6.42 Å². The number of hydrogen-bond donors (Lipinski definition) is 1. The topological polar surface area (TPSA) is 105 Å². The lowest BCUT2D eigenvalue weighted by Crippen LogP contribution is -2.57. The van der Waals surface area contributed by atoms with E-state index >= 15 is 0 Å². The summed E-state index contributed by atoms with van der Waals surface area (Å²) in [5.74, 6) is 0.365. The third kappa shape index (κ3) is 4.18. The molecule has 4 heterocycles. The second kappa shape index (κ2) is 9.03. The molecular weight excluding hydrogens is 446 g/mol. The van der Waals surface area contributed by atoms with Gasteiger partial charge in [-0.15, -0.1) is 0 Å². The molecule has 35 heavy (non-hydrogen) atoms. The van der Waals surface area contributed by atoms with Crippen molar-refractivity contribution in [3.05, 3.63) is 53.6 Å². The van der Waals surface area contributed by atoms with Crippen molar-refractivity contribution >= 4 is 17.7 Å². The maximum absolute atomic E-state index is 13.0. The van der Waals surface area contributed by atoms with E-state index < -0.39 is 11.9 Å². The van der Waals surface area contributed by atoms with Gasteiger partial charge in [-0.25, -0.2) is 0 Å². The van der Waals surface area contributed by atoms with E-state index in [4.69, 9.17) is 4.74 Å². The summed E-state index contributed by atoms with van der Waals surface area (Å²) in [4.78, 5) is 49.5. The highest BCUT2D eigenvalue weighted by molar-refractivity contribution is 6.05. The summed E-state index contributed by atoms with van der Waals surface area (Å²) in [6, 6.07) is 5.39. The Balaban J connectivity index is 1.12. The largest absolute Gasteiger partial charge is 0.489 e. The standard InChI is InChI=1S/C26H29N5O4/c32-24-8-7-22(25(33)29-24)31-15-16-11-18(5-6-19(16)26(31)34)35-23-4-2-1-3-21(23)30-13-17(14-30)20-12-27-9-10-28-20/h5-6,9-12,17,21-23H,1-4,7-8,13-15H2,(H,29,32,33). The van der Waals surface area contributed by atoms with E-state index in [0.717, 1.165) is 49.4 Å². The summed E-state index contributed by atoms with van der Waals surface area (Å²) in [6.07, 6.45) is 10.5. The van der Waals surface area contributed by atoms with Crippen LogP contribution in [0.5, 0.6) is 5.75 Å². The normalized spacial score (nSPS) is 27.4. The maximum atomic E-state index is 13.0.